The molecule has 0 spiro atoms. The van der Waals surface area contributed by atoms with Gasteiger partial charge in [0.25, 0.3) is 5.91 Å². The first-order chi connectivity index (χ1) is 13.1. The topological polar surface area (TPSA) is 104 Å². The Kier molecular flexibility index (Phi) is 4.85. The summed E-state index contributed by atoms with van der Waals surface area (Å²) in [6, 6.07) is 1.52. The Bertz CT molecular complexity index is 859. The van der Waals surface area contributed by atoms with Crippen LogP contribution >= 0.6 is 0 Å². The van der Waals surface area contributed by atoms with Crippen molar-refractivity contribution >= 4 is 17.5 Å². The monoisotopic (exact) mass is 370 g/mol. The number of fused-ring (bicyclic) bond motifs is 1. The number of morpholine rings is 1. The first-order valence-corrected chi connectivity index (χ1v) is 9.14. The second-order valence-electron chi connectivity index (χ2n) is 6.74. The highest BCUT2D eigenvalue weighted by Gasteiger charge is 2.26. The number of Topliss-reactive ketones (excluding diaryl/α,β-unsaturated/α-hetero) is 1. The van der Waals surface area contributed by atoms with Crippen LogP contribution in [0.25, 0.3) is 0 Å². The van der Waals surface area contributed by atoms with Crippen LogP contribution in [-0.4, -0.2) is 76.1 Å². The van der Waals surface area contributed by atoms with Crippen molar-refractivity contribution in [3.63, 3.8) is 0 Å². The molecule has 1 fully saturated rings. The predicted molar refractivity (Wildman–Crippen MR) is 97.0 cm³/mol. The van der Waals surface area contributed by atoms with Crippen LogP contribution in [0.3, 0.4) is 0 Å². The summed E-state index contributed by atoms with van der Waals surface area (Å²) in [7, 11) is 0. The molecule has 0 bridgehead atoms. The molecule has 1 saturated heterocycles. The average molecular weight is 370 g/mol. The van der Waals surface area contributed by atoms with Gasteiger partial charge >= 0.3 is 0 Å². The summed E-state index contributed by atoms with van der Waals surface area (Å²) in [5.74, 6) is 0.640. The highest BCUT2D eigenvalue weighted by molar-refractivity contribution is 5.97. The van der Waals surface area contributed by atoms with Crippen LogP contribution in [0.5, 0.6) is 0 Å². The molecule has 1 amide bonds. The number of rotatable bonds is 3. The van der Waals surface area contributed by atoms with E-state index >= 15 is 0 Å². The predicted octanol–water partition coefficient (Wildman–Crippen LogP) is 0.480. The standard InChI is InChI=1S/C18H22N6O3/c1-12(25)15-10-16(22-21-15)18(26)24-4-2-13-14(3-5-24)19-11-20-17(13)23-6-8-27-9-7-23/h10-11H,2-9H2,1H3,(H,21,22). The van der Waals surface area contributed by atoms with E-state index in [0.29, 0.717) is 44.8 Å². The van der Waals surface area contributed by atoms with Crippen LogP contribution in [0.15, 0.2) is 12.4 Å². The molecule has 2 aromatic heterocycles. The fourth-order valence-electron chi connectivity index (χ4n) is 3.54. The number of amides is 1. The van der Waals surface area contributed by atoms with E-state index in [9.17, 15) is 9.59 Å². The Morgan fingerprint density at radius 2 is 1.89 bits per heavy atom. The molecule has 0 aliphatic carbocycles. The van der Waals surface area contributed by atoms with Gasteiger partial charge in [0.05, 0.1) is 18.9 Å². The molecule has 1 N–H and O–H groups in total. The van der Waals surface area contributed by atoms with Gasteiger partial charge in [0.1, 0.15) is 23.5 Å². The minimum atomic E-state index is -0.168. The maximum absolute atomic E-state index is 12.8. The molecule has 2 aromatic rings. The molecule has 2 aliphatic heterocycles. The lowest BCUT2D eigenvalue weighted by Crippen LogP contribution is -2.37. The second kappa shape index (κ2) is 7.43. The number of nitrogens with zero attached hydrogens (tertiary/aromatic N) is 5. The summed E-state index contributed by atoms with van der Waals surface area (Å²) < 4.78 is 5.43. The number of hydrogen-bond acceptors (Lipinski definition) is 7. The number of hydrogen-bond donors (Lipinski definition) is 1. The Hall–Kier alpha value is -2.81. The molecule has 9 nitrogen and oxygen atoms in total. The Morgan fingerprint density at radius 1 is 1.11 bits per heavy atom. The molecule has 142 valence electrons. The largest absolute Gasteiger partial charge is 0.378 e. The maximum Gasteiger partial charge on any atom is 0.271 e. The Labute approximate surface area is 156 Å². The van der Waals surface area contributed by atoms with Crippen LogP contribution in [-0.2, 0) is 17.6 Å². The van der Waals surface area contributed by atoms with Crippen molar-refractivity contribution in [1.29, 1.82) is 0 Å². The fourth-order valence-corrected chi connectivity index (χ4v) is 3.54. The number of ketones is 1. The van der Waals surface area contributed by atoms with Gasteiger partial charge in [-0.15, -0.1) is 0 Å². The minimum absolute atomic E-state index is 0.149. The van der Waals surface area contributed by atoms with E-state index in [4.69, 9.17) is 4.74 Å². The summed E-state index contributed by atoms with van der Waals surface area (Å²) in [5.41, 5.74) is 2.72. The van der Waals surface area contributed by atoms with Crippen molar-refractivity contribution in [3.05, 3.63) is 35.0 Å². The number of nitrogens with one attached hydrogen (secondary N) is 1. The van der Waals surface area contributed by atoms with E-state index in [1.807, 2.05) is 0 Å². The SMILES string of the molecule is CC(=O)c1cc(C(=O)N2CCc3ncnc(N4CCOCC4)c3CC2)[nH]n1. The van der Waals surface area contributed by atoms with Gasteiger partial charge < -0.3 is 14.5 Å². The Balaban J connectivity index is 1.52. The summed E-state index contributed by atoms with van der Waals surface area (Å²) >= 11 is 0. The number of carbonyl (C=O) groups is 2. The van der Waals surface area contributed by atoms with Gasteiger partial charge in [0.15, 0.2) is 5.78 Å². The summed E-state index contributed by atoms with van der Waals surface area (Å²) in [6.07, 6.45) is 2.98. The van der Waals surface area contributed by atoms with Crippen molar-refractivity contribution in [2.24, 2.45) is 0 Å². The summed E-state index contributed by atoms with van der Waals surface area (Å²) in [4.78, 5) is 37.2. The molecule has 9 heteroatoms. The van der Waals surface area contributed by atoms with Gasteiger partial charge in [-0.25, -0.2) is 9.97 Å². The molecule has 2 aliphatic rings. The quantitative estimate of drug-likeness (QED) is 0.784. The fraction of sp³-hybridized carbons (Fsp3) is 0.500. The zero-order valence-electron chi connectivity index (χ0n) is 15.3. The number of aromatic amines is 1. The second-order valence-corrected chi connectivity index (χ2v) is 6.74. The zero-order valence-corrected chi connectivity index (χ0v) is 15.3. The van der Waals surface area contributed by atoms with E-state index in [1.165, 1.54) is 13.0 Å². The lowest BCUT2D eigenvalue weighted by atomic mass is 10.1. The molecule has 4 heterocycles. The zero-order chi connectivity index (χ0) is 18.8. The van der Waals surface area contributed by atoms with Gasteiger partial charge in [-0.05, 0) is 12.5 Å². The van der Waals surface area contributed by atoms with Gasteiger partial charge in [0, 0.05) is 45.1 Å². The van der Waals surface area contributed by atoms with E-state index in [0.717, 1.165) is 30.2 Å². The molecule has 0 saturated carbocycles. The van der Waals surface area contributed by atoms with Crippen molar-refractivity contribution in [3.8, 4) is 0 Å². The highest BCUT2D eigenvalue weighted by atomic mass is 16.5. The van der Waals surface area contributed by atoms with Crippen LogP contribution in [0, 0.1) is 0 Å². The van der Waals surface area contributed by atoms with Gasteiger partial charge in [-0.3, -0.25) is 14.7 Å². The first-order valence-electron chi connectivity index (χ1n) is 9.14. The van der Waals surface area contributed by atoms with Crippen LogP contribution in [0.1, 0.15) is 39.2 Å². The third-order valence-corrected chi connectivity index (χ3v) is 5.03. The molecule has 27 heavy (non-hydrogen) atoms. The lowest BCUT2D eigenvalue weighted by Gasteiger charge is -2.29. The molecular formula is C18H22N6O3. The van der Waals surface area contributed by atoms with Crippen molar-refractivity contribution < 1.29 is 14.3 Å². The molecule has 0 unspecified atom stereocenters. The van der Waals surface area contributed by atoms with Crippen molar-refractivity contribution in [2.75, 3.05) is 44.3 Å². The summed E-state index contributed by atoms with van der Waals surface area (Å²) in [5, 5.41) is 6.58. The molecule has 0 atom stereocenters. The van der Waals surface area contributed by atoms with E-state index < -0.39 is 0 Å². The van der Waals surface area contributed by atoms with Gasteiger partial charge in [-0.1, -0.05) is 0 Å². The van der Waals surface area contributed by atoms with Crippen LogP contribution < -0.4 is 4.90 Å². The molecule has 4 rings (SSSR count). The minimum Gasteiger partial charge on any atom is -0.378 e. The third kappa shape index (κ3) is 3.55. The number of aromatic nitrogens is 4. The normalized spacial score (nSPS) is 17.4. The molecule has 0 aromatic carbocycles. The lowest BCUT2D eigenvalue weighted by molar-refractivity contribution is 0.0757. The smallest absolute Gasteiger partial charge is 0.271 e. The number of carbonyl (C=O) groups excluding carboxylic acids is 2. The number of H-pyrrole nitrogens is 1. The maximum atomic E-state index is 12.8. The molecule has 0 radical (unpaired) electrons. The Morgan fingerprint density at radius 3 is 2.63 bits per heavy atom. The number of ether oxygens (including phenoxy) is 1. The van der Waals surface area contributed by atoms with Gasteiger partial charge in [0.2, 0.25) is 0 Å². The van der Waals surface area contributed by atoms with Crippen molar-refractivity contribution in [2.45, 2.75) is 19.8 Å². The summed E-state index contributed by atoms with van der Waals surface area (Å²) in [6.45, 7) is 5.59. The van der Waals surface area contributed by atoms with E-state index in [-0.39, 0.29) is 17.4 Å². The third-order valence-electron chi connectivity index (χ3n) is 5.03. The first kappa shape index (κ1) is 17.6. The highest BCUT2D eigenvalue weighted by Crippen LogP contribution is 2.24. The van der Waals surface area contributed by atoms with Crippen molar-refractivity contribution in [1.82, 2.24) is 25.1 Å². The average Bonchev–Trinajstić information content (AvgIpc) is 3.09. The van der Waals surface area contributed by atoms with E-state index in [2.05, 4.69) is 25.1 Å². The van der Waals surface area contributed by atoms with Crippen LogP contribution in [0.2, 0.25) is 0 Å². The number of anilines is 1. The van der Waals surface area contributed by atoms with Gasteiger partial charge in [-0.2, -0.15) is 5.10 Å². The molecular weight excluding hydrogens is 348 g/mol. The van der Waals surface area contributed by atoms with Crippen LogP contribution in [0.4, 0.5) is 5.82 Å². The van der Waals surface area contributed by atoms with E-state index in [1.54, 1.807) is 11.2 Å².